The number of hydrogen-bond donors (Lipinski definition) is 0. The first-order valence-electron chi connectivity index (χ1n) is 4.21. The van der Waals surface area contributed by atoms with E-state index in [-0.39, 0.29) is 0 Å². The van der Waals surface area contributed by atoms with Crippen LogP contribution >= 0.6 is 38.9 Å². The topological polar surface area (TPSA) is 36.7 Å². The van der Waals surface area contributed by atoms with Crippen LogP contribution in [0.25, 0.3) is 10.2 Å². The van der Waals surface area contributed by atoms with Crippen LogP contribution in [-0.2, 0) is 5.33 Å². The van der Waals surface area contributed by atoms with Gasteiger partial charge in [-0.2, -0.15) is 5.26 Å². The first-order valence-corrected chi connectivity index (χ1v) is 6.53. The van der Waals surface area contributed by atoms with Crippen molar-refractivity contribution in [1.29, 1.82) is 5.26 Å². The normalized spacial score (nSPS) is 10.5. The van der Waals surface area contributed by atoms with Crippen molar-refractivity contribution in [3.05, 3.63) is 27.2 Å². The van der Waals surface area contributed by atoms with E-state index in [0.29, 0.717) is 10.6 Å². The molecule has 2 nitrogen and oxygen atoms in total. The van der Waals surface area contributed by atoms with Crippen LogP contribution < -0.4 is 0 Å². The van der Waals surface area contributed by atoms with Crippen molar-refractivity contribution in [1.82, 2.24) is 4.98 Å². The van der Waals surface area contributed by atoms with Crippen LogP contribution in [0, 0.1) is 18.3 Å². The van der Waals surface area contributed by atoms with Crippen LogP contribution in [0.1, 0.15) is 16.0 Å². The van der Waals surface area contributed by atoms with E-state index in [2.05, 4.69) is 20.9 Å². The molecule has 0 fully saturated rings. The number of hydrogen-bond acceptors (Lipinski definition) is 3. The number of nitrogens with zero attached hydrogens (tertiary/aromatic N) is 2. The number of fused-ring (bicyclic) bond motifs is 1. The van der Waals surface area contributed by atoms with E-state index in [1.165, 1.54) is 11.1 Å². The first kappa shape index (κ1) is 10.9. The Morgan fingerprint density at radius 2 is 2.40 bits per heavy atom. The fourth-order valence-electron chi connectivity index (χ4n) is 1.43. The number of aromatic nitrogens is 1. The van der Waals surface area contributed by atoms with Crippen LogP contribution in [0.5, 0.6) is 0 Å². The third-order valence-corrected chi connectivity index (χ3v) is 4.22. The molecular weight excluding hydrogens is 296 g/mol. The molecule has 0 aliphatic carbocycles. The Morgan fingerprint density at radius 1 is 1.67 bits per heavy atom. The molecule has 0 saturated heterocycles. The Labute approximate surface area is 105 Å². The Balaban J connectivity index is 2.91. The summed E-state index contributed by atoms with van der Waals surface area (Å²) in [6.45, 7) is 2.03. The summed E-state index contributed by atoms with van der Waals surface area (Å²) in [5, 5.41) is 11.0. The number of aryl methyl sites for hydroxylation is 1. The van der Waals surface area contributed by atoms with Crippen molar-refractivity contribution < 1.29 is 0 Å². The maximum Gasteiger partial charge on any atom is 0.125 e. The van der Waals surface area contributed by atoms with Crippen molar-refractivity contribution >= 4 is 49.1 Å². The van der Waals surface area contributed by atoms with Crippen LogP contribution in [0.15, 0.2) is 6.20 Å². The summed E-state index contributed by atoms with van der Waals surface area (Å²) >= 11 is 11.2. The molecule has 0 radical (unpaired) electrons. The van der Waals surface area contributed by atoms with Gasteiger partial charge in [-0.1, -0.05) is 27.5 Å². The molecule has 0 bridgehead atoms. The Bertz CT molecular complexity index is 571. The zero-order valence-electron chi connectivity index (χ0n) is 7.84. The molecule has 15 heavy (non-hydrogen) atoms. The zero-order chi connectivity index (χ0) is 11.0. The van der Waals surface area contributed by atoms with Gasteiger partial charge in [-0.05, 0) is 12.5 Å². The average Bonchev–Trinajstić information content (AvgIpc) is 2.55. The van der Waals surface area contributed by atoms with E-state index in [9.17, 15) is 0 Å². The molecule has 0 atom stereocenters. The fourth-order valence-corrected chi connectivity index (χ4v) is 3.69. The first-order chi connectivity index (χ1) is 7.19. The van der Waals surface area contributed by atoms with E-state index in [1.807, 2.05) is 13.0 Å². The molecule has 0 spiro atoms. The molecule has 0 aromatic carbocycles. The van der Waals surface area contributed by atoms with E-state index >= 15 is 0 Å². The van der Waals surface area contributed by atoms with Crippen molar-refractivity contribution in [3.8, 4) is 6.07 Å². The Morgan fingerprint density at radius 3 is 3.00 bits per heavy atom. The molecule has 0 aliphatic heterocycles. The SMILES string of the molecule is Cc1sc2ncc(C#N)c(Cl)c2c1CBr. The standard InChI is InChI=1S/C10H6BrClN2S/c1-5-7(2-11)8-9(12)6(3-13)4-14-10(8)15-5/h4H,2H2,1H3. The second-order valence-electron chi connectivity index (χ2n) is 3.05. The minimum Gasteiger partial charge on any atom is -0.244 e. The third-order valence-electron chi connectivity index (χ3n) is 2.21. The van der Waals surface area contributed by atoms with Gasteiger partial charge in [-0.3, -0.25) is 0 Å². The number of thiophene rings is 1. The Kier molecular flexibility index (Phi) is 2.96. The lowest BCUT2D eigenvalue weighted by molar-refractivity contribution is 1.38. The molecule has 2 heterocycles. The quantitative estimate of drug-likeness (QED) is 0.746. The molecule has 0 amide bonds. The second kappa shape index (κ2) is 4.09. The van der Waals surface area contributed by atoms with Crippen LogP contribution in [0.4, 0.5) is 0 Å². The zero-order valence-corrected chi connectivity index (χ0v) is 11.0. The summed E-state index contributed by atoms with van der Waals surface area (Å²) in [5.74, 6) is 0. The van der Waals surface area contributed by atoms with Crippen molar-refractivity contribution in [2.75, 3.05) is 0 Å². The van der Waals surface area contributed by atoms with Gasteiger partial charge in [-0.25, -0.2) is 4.98 Å². The van der Waals surface area contributed by atoms with Crippen LogP contribution in [0.2, 0.25) is 5.02 Å². The summed E-state index contributed by atoms with van der Waals surface area (Å²) in [6, 6.07) is 2.04. The lowest BCUT2D eigenvalue weighted by atomic mass is 10.1. The highest BCUT2D eigenvalue weighted by molar-refractivity contribution is 9.08. The molecule has 76 valence electrons. The van der Waals surface area contributed by atoms with Gasteiger partial charge in [0.2, 0.25) is 0 Å². The number of nitriles is 1. The van der Waals surface area contributed by atoms with Gasteiger partial charge in [-0.15, -0.1) is 11.3 Å². The molecule has 2 aromatic rings. The summed E-state index contributed by atoms with van der Waals surface area (Å²) in [5.41, 5.74) is 1.56. The number of alkyl halides is 1. The predicted octanol–water partition coefficient (Wildman–Crippen LogP) is 4.02. The maximum atomic E-state index is 8.87. The van der Waals surface area contributed by atoms with E-state index in [0.717, 1.165) is 21.1 Å². The minimum atomic E-state index is 0.434. The number of pyridine rings is 1. The highest BCUT2D eigenvalue weighted by Crippen LogP contribution is 2.36. The third kappa shape index (κ3) is 1.65. The van der Waals surface area contributed by atoms with Gasteiger partial charge in [0.25, 0.3) is 0 Å². The lowest BCUT2D eigenvalue weighted by Crippen LogP contribution is -1.84. The van der Waals surface area contributed by atoms with Gasteiger partial charge in [0.15, 0.2) is 0 Å². The molecule has 0 unspecified atom stereocenters. The largest absolute Gasteiger partial charge is 0.244 e. The lowest BCUT2D eigenvalue weighted by Gasteiger charge is -1.99. The van der Waals surface area contributed by atoms with E-state index in [1.54, 1.807) is 11.3 Å². The van der Waals surface area contributed by atoms with Crippen LogP contribution in [-0.4, -0.2) is 4.98 Å². The molecule has 0 saturated carbocycles. The maximum absolute atomic E-state index is 8.87. The van der Waals surface area contributed by atoms with Crippen molar-refractivity contribution in [2.45, 2.75) is 12.3 Å². The van der Waals surface area contributed by atoms with E-state index < -0.39 is 0 Å². The van der Waals surface area contributed by atoms with Gasteiger partial charge in [0.1, 0.15) is 10.9 Å². The molecular formula is C10H6BrClN2S. The van der Waals surface area contributed by atoms with Gasteiger partial charge in [0, 0.05) is 21.8 Å². The molecule has 0 N–H and O–H groups in total. The predicted molar refractivity (Wildman–Crippen MR) is 66.7 cm³/mol. The monoisotopic (exact) mass is 300 g/mol. The summed E-state index contributed by atoms with van der Waals surface area (Å²) in [4.78, 5) is 6.31. The number of halogens is 2. The van der Waals surface area contributed by atoms with E-state index in [4.69, 9.17) is 16.9 Å². The van der Waals surface area contributed by atoms with Gasteiger partial charge < -0.3 is 0 Å². The molecule has 2 rings (SSSR count). The fraction of sp³-hybridized carbons (Fsp3) is 0.200. The average molecular weight is 302 g/mol. The van der Waals surface area contributed by atoms with Crippen LogP contribution in [0.3, 0.4) is 0 Å². The number of rotatable bonds is 1. The highest BCUT2D eigenvalue weighted by atomic mass is 79.9. The van der Waals surface area contributed by atoms with Crippen molar-refractivity contribution in [2.24, 2.45) is 0 Å². The summed E-state index contributed by atoms with van der Waals surface area (Å²) < 4.78 is 0. The molecule has 2 aromatic heterocycles. The second-order valence-corrected chi connectivity index (χ2v) is 5.19. The summed E-state index contributed by atoms with van der Waals surface area (Å²) in [7, 11) is 0. The highest BCUT2D eigenvalue weighted by Gasteiger charge is 2.14. The minimum absolute atomic E-state index is 0.434. The van der Waals surface area contributed by atoms with Gasteiger partial charge in [0.05, 0.1) is 10.6 Å². The summed E-state index contributed by atoms with van der Waals surface area (Å²) in [6.07, 6.45) is 1.53. The van der Waals surface area contributed by atoms with Gasteiger partial charge >= 0.3 is 0 Å². The Hall–Kier alpha value is -0.630. The molecule has 0 aliphatic rings. The molecule has 5 heteroatoms. The van der Waals surface area contributed by atoms with Crippen molar-refractivity contribution in [3.63, 3.8) is 0 Å². The smallest absolute Gasteiger partial charge is 0.125 e.